The zero-order valence-corrected chi connectivity index (χ0v) is 20.4. The fraction of sp³-hybridized carbons (Fsp3) is 0.560. The van der Waals surface area contributed by atoms with Crippen LogP contribution in [0.4, 0.5) is 0 Å². The summed E-state index contributed by atoms with van der Waals surface area (Å²) in [6, 6.07) is 10.4. The fourth-order valence-corrected chi connectivity index (χ4v) is 6.79. The number of piperidine rings is 1. The lowest BCUT2D eigenvalue weighted by molar-refractivity contribution is -0.132. The third-order valence-corrected chi connectivity index (χ3v) is 8.68. The van der Waals surface area contributed by atoms with Crippen LogP contribution in [0.25, 0.3) is 0 Å². The first-order valence-corrected chi connectivity index (χ1v) is 13.7. The smallest absolute Gasteiger partial charge is 0.223 e. The first-order chi connectivity index (χ1) is 15.8. The van der Waals surface area contributed by atoms with E-state index in [1.807, 2.05) is 48.2 Å². The van der Waals surface area contributed by atoms with Gasteiger partial charge in [-0.1, -0.05) is 30.3 Å². The SMILES string of the molecule is Cc1ncc(Cc2ccccc2)c([C@@H]2CCCN(C(=O)CCN(C)[C@H]3CCS(=O)(=O)C3)C2)n1. The van der Waals surface area contributed by atoms with Crippen molar-refractivity contribution in [1.82, 2.24) is 19.8 Å². The third kappa shape index (κ3) is 6.18. The number of nitrogens with zero attached hydrogens (tertiary/aromatic N) is 4. The van der Waals surface area contributed by atoms with Gasteiger partial charge >= 0.3 is 0 Å². The molecule has 33 heavy (non-hydrogen) atoms. The number of carbonyl (C=O) groups excluding carboxylic acids is 1. The van der Waals surface area contributed by atoms with Crippen LogP contribution in [0.2, 0.25) is 0 Å². The first-order valence-electron chi connectivity index (χ1n) is 11.9. The Labute approximate surface area is 197 Å². The first kappa shape index (κ1) is 23.8. The summed E-state index contributed by atoms with van der Waals surface area (Å²) in [5.41, 5.74) is 3.43. The van der Waals surface area contributed by atoms with Gasteiger partial charge in [0, 0.05) is 50.6 Å². The van der Waals surface area contributed by atoms with Gasteiger partial charge in [-0.3, -0.25) is 4.79 Å². The number of aryl methyl sites for hydroxylation is 1. The molecule has 0 N–H and O–H groups in total. The van der Waals surface area contributed by atoms with Crippen LogP contribution in [-0.4, -0.2) is 78.3 Å². The molecule has 2 fully saturated rings. The lowest BCUT2D eigenvalue weighted by Crippen LogP contribution is -2.42. The second-order valence-corrected chi connectivity index (χ2v) is 11.7. The molecule has 1 aromatic heterocycles. The highest BCUT2D eigenvalue weighted by Gasteiger charge is 2.32. The molecule has 0 radical (unpaired) electrons. The van der Waals surface area contributed by atoms with Crippen molar-refractivity contribution >= 4 is 15.7 Å². The predicted octanol–water partition coefficient (Wildman–Crippen LogP) is 2.59. The summed E-state index contributed by atoms with van der Waals surface area (Å²) in [5, 5.41) is 0. The standard InChI is InChI=1S/C25H34N4O3S/c1-19-26-16-22(15-20-7-4-3-5-8-20)25(27-19)21-9-6-12-29(17-21)24(30)10-13-28(2)23-11-14-33(31,32)18-23/h3-5,7-8,16,21,23H,6,9-15,17-18H2,1-2H3/t21-,23+/m1/s1. The van der Waals surface area contributed by atoms with Crippen LogP contribution < -0.4 is 0 Å². The van der Waals surface area contributed by atoms with Gasteiger partial charge in [-0.2, -0.15) is 0 Å². The molecule has 2 aromatic rings. The number of amides is 1. The van der Waals surface area contributed by atoms with Crippen molar-refractivity contribution in [2.45, 2.75) is 51.0 Å². The summed E-state index contributed by atoms with van der Waals surface area (Å²) in [6.07, 6.45) is 5.78. The van der Waals surface area contributed by atoms with Gasteiger partial charge in [-0.05, 0) is 44.4 Å². The second-order valence-electron chi connectivity index (χ2n) is 9.46. The van der Waals surface area contributed by atoms with Gasteiger partial charge in [-0.15, -0.1) is 0 Å². The average molecular weight is 471 g/mol. The summed E-state index contributed by atoms with van der Waals surface area (Å²) in [4.78, 5) is 26.3. The number of hydrogen-bond donors (Lipinski definition) is 0. The number of benzene rings is 1. The van der Waals surface area contributed by atoms with E-state index in [1.165, 1.54) is 5.56 Å². The van der Waals surface area contributed by atoms with E-state index < -0.39 is 9.84 Å². The Hall–Kier alpha value is -2.32. The quantitative estimate of drug-likeness (QED) is 0.619. The summed E-state index contributed by atoms with van der Waals surface area (Å²) < 4.78 is 23.5. The molecular formula is C25H34N4O3S. The molecule has 4 rings (SSSR count). The van der Waals surface area contributed by atoms with E-state index in [9.17, 15) is 13.2 Å². The van der Waals surface area contributed by atoms with Gasteiger partial charge in [0.15, 0.2) is 9.84 Å². The molecule has 178 valence electrons. The van der Waals surface area contributed by atoms with Gasteiger partial charge in [0.05, 0.1) is 17.2 Å². The Bertz CT molecular complexity index is 1070. The Morgan fingerprint density at radius 3 is 2.73 bits per heavy atom. The average Bonchev–Trinajstić information content (AvgIpc) is 3.19. The fourth-order valence-electron chi connectivity index (χ4n) is 4.98. The topological polar surface area (TPSA) is 83.5 Å². The Kier molecular flexibility index (Phi) is 7.44. The van der Waals surface area contributed by atoms with Crippen LogP contribution >= 0.6 is 0 Å². The van der Waals surface area contributed by atoms with Crippen molar-refractivity contribution in [1.29, 1.82) is 0 Å². The maximum Gasteiger partial charge on any atom is 0.223 e. The van der Waals surface area contributed by atoms with Crippen LogP contribution in [0.1, 0.15) is 54.2 Å². The van der Waals surface area contributed by atoms with E-state index in [2.05, 4.69) is 17.1 Å². The largest absolute Gasteiger partial charge is 0.342 e. The molecule has 0 spiro atoms. The van der Waals surface area contributed by atoms with Crippen LogP contribution in [0, 0.1) is 6.92 Å². The summed E-state index contributed by atoms with van der Waals surface area (Å²) in [6.45, 7) is 3.96. The number of rotatable bonds is 7. The molecule has 2 aliphatic heterocycles. The summed E-state index contributed by atoms with van der Waals surface area (Å²) in [5.74, 6) is 1.58. The van der Waals surface area contributed by atoms with E-state index in [1.54, 1.807) is 0 Å². The molecule has 7 nitrogen and oxygen atoms in total. The molecule has 2 saturated heterocycles. The number of carbonyl (C=O) groups is 1. The summed E-state index contributed by atoms with van der Waals surface area (Å²) >= 11 is 0. The van der Waals surface area contributed by atoms with Crippen LogP contribution in [0.5, 0.6) is 0 Å². The molecular weight excluding hydrogens is 436 g/mol. The molecule has 0 unspecified atom stereocenters. The van der Waals surface area contributed by atoms with E-state index in [0.717, 1.165) is 42.9 Å². The van der Waals surface area contributed by atoms with Crippen molar-refractivity contribution in [3.8, 4) is 0 Å². The number of likely N-dealkylation sites (tertiary alicyclic amines) is 1. The lowest BCUT2D eigenvalue weighted by Gasteiger charge is -2.34. The lowest BCUT2D eigenvalue weighted by atomic mass is 9.90. The molecule has 8 heteroatoms. The van der Waals surface area contributed by atoms with Crippen LogP contribution in [0.15, 0.2) is 36.5 Å². The molecule has 2 atom stereocenters. The minimum Gasteiger partial charge on any atom is -0.342 e. The number of sulfone groups is 1. The summed E-state index contributed by atoms with van der Waals surface area (Å²) in [7, 11) is -0.989. The molecule has 0 bridgehead atoms. The molecule has 2 aliphatic rings. The second kappa shape index (κ2) is 10.3. The van der Waals surface area contributed by atoms with Gasteiger partial charge < -0.3 is 9.80 Å². The van der Waals surface area contributed by atoms with Gasteiger partial charge in [0.25, 0.3) is 0 Å². The minimum atomic E-state index is -2.92. The molecule has 3 heterocycles. The number of hydrogen-bond acceptors (Lipinski definition) is 6. The molecule has 0 aliphatic carbocycles. The van der Waals surface area contributed by atoms with Crippen LogP contribution in [0.3, 0.4) is 0 Å². The normalized spacial score (nSPS) is 22.6. The van der Waals surface area contributed by atoms with Crippen molar-refractivity contribution in [2.75, 3.05) is 38.2 Å². The molecule has 0 saturated carbocycles. The van der Waals surface area contributed by atoms with E-state index >= 15 is 0 Å². The zero-order valence-electron chi connectivity index (χ0n) is 19.6. The van der Waals surface area contributed by atoms with Crippen molar-refractivity contribution in [3.63, 3.8) is 0 Å². The monoisotopic (exact) mass is 470 g/mol. The molecule has 1 amide bonds. The highest BCUT2D eigenvalue weighted by atomic mass is 32.2. The number of aromatic nitrogens is 2. The highest BCUT2D eigenvalue weighted by Crippen LogP contribution is 2.29. The maximum atomic E-state index is 13.0. The van der Waals surface area contributed by atoms with Crippen molar-refractivity contribution in [3.05, 3.63) is 59.2 Å². The van der Waals surface area contributed by atoms with Gasteiger partial charge in [-0.25, -0.2) is 18.4 Å². The highest BCUT2D eigenvalue weighted by molar-refractivity contribution is 7.91. The van der Waals surface area contributed by atoms with Gasteiger partial charge in [0.2, 0.25) is 5.91 Å². The predicted molar refractivity (Wildman–Crippen MR) is 129 cm³/mol. The zero-order chi connectivity index (χ0) is 23.4. The van der Waals surface area contributed by atoms with Crippen molar-refractivity contribution in [2.24, 2.45) is 0 Å². The Morgan fingerprint density at radius 2 is 2.00 bits per heavy atom. The molecule has 1 aromatic carbocycles. The Balaban J connectivity index is 1.39. The van der Waals surface area contributed by atoms with E-state index in [4.69, 9.17) is 4.98 Å². The maximum absolute atomic E-state index is 13.0. The Morgan fingerprint density at radius 1 is 1.21 bits per heavy atom. The van der Waals surface area contributed by atoms with Gasteiger partial charge in [0.1, 0.15) is 5.82 Å². The third-order valence-electron chi connectivity index (χ3n) is 6.93. The van der Waals surface area contributed by atoms with E-state index in [-0.39, 0.29) is 29.4 Å². The minimum absolute atomic E-state index is 0.0291. The van der Waals surface area contributed by atoms with E-state index in [0.29, 0.717) is 25.9 Å². The van der Waals surface area contributed by atoms with Crippen molar-refractivity contribution < 1.29 is 13.2 Å². The van der Waals surface area contributed by atoms with Crippen LogP contribution in [-0.2, 0) is 21.1 Å².